The molecule has 0 spiro atoms. The van der Waals surface area contributed by atoms with Crippen molar-refractivity contribution in [1.29, 1.82) is 0 Å². The summed E-state index contributed by atoms with van der Waals surface area (Å²) in [4.78, 5) is 29.0. The van der Waals surface area contributed by atoms with Gasteiger partial charge in [-0.3, -0.25) is 4.79 Å². The van der Waals surface area contributed by atoms with Crippen LogP contribution in [-0.4, -0.2) is 77.4 Å². The van der Waals surface area contributed by atoms with Crippen LogP contribution in [-0.2, 0) is 4.79 Å². The summed E-state index contributed by atoms with van der Waals surface area (Å²) in [6, 6.07) is 0.988. The predicted octanol–water partition coefficient (Wildman–Crippen LogP) is 4.36. The molecule has 3 aliphatic rings. The van der Waals surface area contributed by atoms with Crippen molar-refractivity contribution in [2.24, 2.45) is 11.8 Å². The van der Waals surface area contributed by atoms with Gasteiger partial charge in [0.15, 0.2) is 0 Å². The second-order valence-corrected chi connectivity index (χ2v) is 11.0. The van der Waals surface area contributed by atoms with E-state index in [4.69, 9.17) is 9.97 Å². The van der Waals surface area contributed by atoms with Gasteiger partial charge in [0.1, 0.15) is 5.78 Å². The largest absolute Gasteiger partial charge is 0.332 e. The van der Waals surface area contributed by atoms with Crippen LogP contribution in [0.5, 0.6) is 0 Å². The molecule has 6 heteroatoms. The van der Waals surface area contributed by atoms with Crippen LogP contribution in [0.3, 0.4) is 0 Å². The topological polar surface area (TPSA) is 52.6 Å². The van der Waals surface area contributed by atoms with E-state index in [1.165, 1.54) is 50.9 Å². The predicted molar refractivity (Wildman–Crippen MR) is 135 cm³/mol. The van der Waals surface area contributed by atoms with E-state index in [2.05, 4.69) is 48.0 Å². The van der Waals surface area contributed by atoms with Crippen molar-refractivity contribution in [2.45, 2.75) is 90.1 Å². The quantitative estimate of drug-likeness (QED) is 0.609. The summed E-state index contributed by atoms with van der Waals surface area (Å²) in [5.41, 5.74) is 1.32. The summed E-state index contributed by atoms with van der Waals surface area (Å²) in [6.45, 7) is 12.1. The van der Waals surface area contributed by atoms with E-state index in [1.807, 2.05) is 0 Å². The van der Waals surface area contributed by atoms with Crippen molar-refractivity contribution in [1.82, 2.24) is 19.8 Å². The van der Waals surface area contributed by atoms with Gasteiger partial charge in [0.2, 0.25) is 5.95 Å². The number of hydrogen-bond acceptors (Lipinski definition) is 6. The monoisotopic (exact) mass is 455 g/mol. The Morgan fingerprint density at radius 1 is 0.939 bits per heavy atom. The first kappa shape index (κ1) is 24.6. The number of likely N-dealkylation sites (tertiary alicyclic amines) is 1. The molecule has 6 nitrogen and oxygen atoms in total. The number of rotatable bonds is 7. The number of aromatic nitrogens is 2. The zero-order valence-corrected chi connectivity index (χ0v) is 21.4. The van der Waals surface area contributed by atoms with E-state index < -0.39 is 0 Å². The van der Waals surface area contributed by atoms with Gasteiger partial charge in [0, 0.05) is 50.0 Å². The highest BCUT2D eigenvalue weighted by Gasteiger charge is 2.33. The Hall–Kier alpha value is -1.53. The fourth-order valence-corrected chi connectivity index (χ4v) is 6.49. The maximum Gasteiger partial charge on any atom is 0.225 e. The van der Waals surface area contributed by atoms with Gasteiger partial charge in [-0.25, -0.2) is 9.97 Å². The first-order valence-corrected chi connectivity index (χ1v) is 13.5. The molecule has 0 N–H and O–H groups in total. The zero-order valence-electron chi connectivity index (χ0n) is 21.4. The number of carbonyl (C=O) groups excluding carboxylic acids is 1. The van der Waals surface area contributed by atoms with Crippen LogP contribution in [0.25, 0.3) is 0 Å². The van der Waals surface area contributed by atoms with E-state index in [9.17, 15) is 4.79 Å². The van der Waals surface area contributed by atoms with E-state index in [0.29, 0.717) is 29.7 Å². The number of likely N-dealkylation sites (N-methyl/N-ethyl adjacent to an activating group) is 1. The molecule has 2 aliphatic heterocycles. The van der Waals surface area contributed by atoms with Gasteiger partial charge in [-0.2, -0.15) is 0 Å². The SMILES string of the molecule is CCC1CN(C)CC(CC)N1c1ncc(C2CCN(C[C@H]3CC[C@H](C(C)=O)CC3)CC2)cn1. The molecule has 2 atom stereocenters. The third kappa shape index (κ3) is 5.94. The summed E-state index contributed by atoms with van der Waals surface area (Å²) in [7, 11) is 2.23. The van der Waals surface area contributed by atoms with Gasteiger partial charge in [-0.1, -0.05) is 13.8 Å². The number of anilines is 1. The van der Waals surface area contributed by atoms with Gasteiger partial charge in [-0.15, -0.1) is 0 Å². The fraction of sp³-hybridized carbons (Fsp3) is 0.815. The molecule has 0 bridgehead atoms. The Kier molecular flexibility index (Phi) is 8.39. The average molecular weight is 456 g/mol. The highest BCUT2D eigenvalue weighted by atomic mass is 16.1. The first-order chi connectivity index (χ1) is 16.0. The molecule has 3 heterocycles. The molecule has 0 radical (unpaired) electrons. The lowest BCUT2D eigenvalue weighted by atomic mass is 9.80. The Labute approximate surface area is 201 Å². The number of piperazine rings is 1. The highest BCUT2D eigenvalue weighted by molar-refractivity contribution is 5.78. The van der Waals surface area contributed by atoms with Gasteiger partial charge in [0.05, 0.1) is 0 Å². The third-order valence-electron chi connectivity index (χ3n) is 8.66. The van der Waals surface area contributed by atoms with E-state index in [0.717, 1.165) is 50.6 Å². The molecule has 1 aromatic rings. The molecule has 2 unspecified atom stereocenters. The number of ketones is 1. The summed E-state index contributed by atoms with van der Waals surface area (Å²) in [6.07, 6.45) is 13.5. The smallest absolute Gasteiger partial charge is 0.225 e. The zero-order chi connectivity index (χ0) is 23.4. The summed E-state index contributed by atoms with van der Waals surface area (Å²) < 4.78 is 0. The second kappa shape index (κ2) is 11.3. The maximum atomic E-state index is 11.6. The number of carbonyl (C=O) groups is 1. The Bertz CT molecular complexity index is 738. The molecule has 1 aliphatic carbocycles. The van der Waals surface area contributed by atoms with Crippen molar-refractivity contribution in [3.8, 4) is 0 Å². The lowest BCUT2D eigenvalue weighted by Gasteiger charge is -2.45. The number of piperidine rings is 1. The summed E-state index contributed by atoms with van der Waals surface area (Å²) in [5, 5.41) is 0. The average Bonchev–Trinajstić information content (AvgIpc) is 2.84. The normalized spacial score (nSPS) is 30.5. The number of nitrogens with zero attached hydrogens (tertiary/aromatic N) is 5. The van der Waals surface area contributed by atoms with E-state index in [-0.39, 0.29) is 0 Å². The van der Waals surface area contributed by atoms with Crippen molar-refractivity contribution in [3.63, 3.8) is 0 Å². The lowest BCUT2D eigenvalue weighted by molar-refractivity contribution is -0.121. The van der Waals surface area contributed by atoms with Gasteiger partial charge in [0.25, 0.3) is 0 Å². The molecule has 184 valence electrons. The molecule has 3 fully saturated rings. The van der Waals surface area contributed by atoms with E-state index >= 15 is 0 Å². The van der Waals surface area contributed by atoms with Gasteiger partial charge >= 0.3 is 0 Å². The van der Waals surface area contributed by atoms with Gasteiger partial charge < -0.3 is 14.7 Å². The third-order valence-corrected chi connectivity index (χ3v) is 8.66. The molecule has 1 saturated carbocycles. The Morgan fingerprint density at radius 3 is 2.03 bits per heavy atom. The molecular formula is C27H45N5O. The van der Waals surface area contributed by atoms with Crippen molar-refractivity contribution in [3.05, 3.63) is 18.0 Å². The van der Waals surface area contributed by atoms with Crippen molar-refractivity contribution in [2.75, 3.05) is 44.7 Å². The van der Waals surface area contributed by atoms with Crippen LogP contribution >= 0.6 is 0 Å². The van der Waals surface area contributed by atoms with Crippen LogP contribution in [0.2, 0.25) is 0 Å². The minimum atomic E-state index is 0.334. The van der Waals surface area contributed by atoms with E-state index in [1.54, 1.807) is 6.92 Å². The minimum absolute atomic E-state index is 0.334. The molecule has 0 aromatic carbocycles. The first-order valence-electron chi connectivity index (χ1n) is 13.5. The molecule has 1 aromatic heterocycles. The molecule has 33 heavy (non-hydrogen) atoms. The fourth-order valence-electron chi connectivity index (χ4n) is 6.49. The van der Waals surface area contributed by atoms with Crippen molar-refractivity contribution < 1.29 is 4.79 Å². The van der Waals surface area contributed by atoms with Gasteiger partial charge in [-0.05, 0) is 95.8 Å². The van der Waals surface area contributed by atoms with Crippen LogP contribution < -0.4 is 4.90 Å². The lowest BCUT2D eigenvalue weighted by Crippen LogP contribution is -2.58. The second-order valence-electron chi connectivity index (χ2n) is 11.0. The summed E-state index contributed by atoms with van der Waals surface area (Å²) in [5.74, 6) is 3.01. The number of Topliss-reactive ketones (excluding diaryl/α,β-unsaturated/α-hetero) is 1. The van der Waals surface area contributed by atoms with Crippen LogP contribution in [0.15, 0.2) is 12.4 Å². The minimum Gasteiger partial charge on any atom is -0.332 e. The highest BCUT2D eigenvalue weighted by Crippen LogP contribution is 2.33. The molecule has 2 saturated heterocycles. The van der Waals surface area contributed by atoms with Crippen LogP contribution in [0, 0.1) is 11.8 Å². The molecular weight excluding hydrogens is 410 g/mol. The molecule has 4 rings (SSSR count). The maximum absolute atomic E-state index is 11.6. The Balaban J connectivity index is 1.29. The summed E-state index contributed by atoms with van der Waals surface area (Å²) >= 11 is 0. The standard InChI is InChI=1S/C27H45N5O/c1-5-25-18-30(4)19-26(6-2)32(25)27-28-15-24(16-29-27)23-11-13-31(14-12-23)17-21-7-9-22(10-8-21)20(3)33/h15-16,21-23,25-26H,5-14,17-19H2,1-4H3/t21-,22-,25?,26?. The Morgan fingerprint density at radius 2 is 1.52 bits per heavy atom. The van der Waals surface area contributed by atoms with Crippen LogP contribution in [0.1, 0.15) is 83.6 Å². The van der Waals surface area contributed by atoms with Crippen LogP contribution in [0.4, 0.5) is 5.95 Å². The molecule has 0 amide bonds. The number of hydrogen-bond donors (Lipinski definition) is 0. The van der Waals surface area contributed by atoms with Crippen molar-refractivity contribution >= 4 is 11.7 Å².